The van der Waals surface area contributed by atoms with Crippen molar-refractivity contribution in [1.29, 1.82) is 0 Å². The van der Waals surface area contributed by atoms with Crippen molar-refractivity contribution in [3.05, 3.63) is 50.9 Å². The molecule has 3 rings (SSSR count). The average Bonchev–Trinajstić information content (AvgIpc) is 3.00. The maximum absolute atomic E-state index is 12.5. The van der Waals surface area contributed by atoms with Crippen LogP contribution >= 0.6 is 11.3 Å². The molecule has 120 valence electrons. The summed E-state index contributed by atoms with van der Waals surface area (Å²) in [5, 5.41) is 13.4. The smallest absolute Gasteiger partial charge is 0.297 e. The third-order valence-electron chi connectivity index (χ3n) is 3.42. The standard InChI is InChI=1S/C15H17N5O2S/c1-22-11-6-4-10(5-7-11)9-12-14(21)20-15(18-17-12)23-13(19-20)3-2-8-16/h4-7H,2-3,8-9,16H2,1H3. The van der Waals surface area contributed by atoms with E-state index in [4.69, 9.17) is 10.5 Å². The molecule has 7 nitrogen and oxygen atoms in total. The van der Waals surface area contributed by atoms with Crippen LogP contribution in [-0.2, 0) is 12.8 Å². The summed E-state index contributed by atoms with van der Waals surface area (Å²) < 4.78 is 6.46. The van der Waals surface area contributed by atoms with Crippen molar-refractivity contribution in [3.63, 3.8) is 0 Å². The molecule has 23 heavy (non-hydrogen) atoms. The van der Waals surface area contributed by atoms with Gasteiger partial charge in [-0.2, -0.15) is 9.61 Å². The van der Waals surface area contributed by atoms with Gasteiger partial charge in [-0.3, -0.25) is 4.79 Å². The number of hydrogen-bond acceptors (Lipinski definition) is 7. The fourth-order valence-corrected chi connectivity index (χ4v) is 3.06. The molecule has 1 aromatic carbocycles. The molecule has 0 saturated carbocycles. The van der Waals surface area contributed by atoms with E-state index in [-0.39, 0.29) is 5.56 Å². The van der Waals surface area contributed by atoms with Crippen LogP contribution in [0.25, 0.3) is 4.96 Å². The molecule has 8 heteroatoms. The summed E-state index contributed by atoms with van der Waals surface area (Å²) in [6.45, 7) is 0.596. The summed E-state index contributed by atoms with van der Waals surface area (Å²) in [5.41, 5.74) is 6.63. The Morgan fingerprint density at radius 2 is 2.04 bits per heavy atom. The fraction of sp³-hybridized carbons (Fsp3) is 0.333. The number of nitrogens with two attached hydrogens (primary N) is 1. The van der Waals surface area contributed by atoms with Gasteiger partial charge in [-0.05, 0) is 30.7 Å². The minimum Gasteiger partial charge on any atom is -0.497 e. The molecular formula is C15H17N5O2S. The lowest BCUT2D eigenvalue weighted by molar-refractivity contribution is 0.414. The number of ether oxygens (including phenoxy) is 1. The molecule has 0 spiro atoms. The van der Waals surface area contributed by atoms with E-state index in [1.165, 1.54) is 15.9 Å². The highest BCUT2D eigenvalue weighted by molar-refractivity contribution is 7.16. The van der Waals surface area contributed by atoms with E-state index in [0.717, 1.165) is 29.2 Å². The fourth-order valence-electron chi connectivity index (χ4n) is 2.19. The second-order valence-corrected chi connectivity index (χ2v) is 6.10. The van der Waals surface area contributed by atoms with Gasteiger partial charge in [0.15, 0.2) is 0 Å². The summed E-state index contributed by atoms with van der Waals surface area (Å²) >= 11 is 1.38. The number of rotatable bonds is 6. The van der Waals surface area contributed by atoms with Gasteiger partial charge in [-0.25, -0.2) is 0 Å². The first-order chi connectivity index (χ1) is 11.2. The zero-order chi connectivity index (χ0) is 16.2. The highest BCUT2D eigenvalue weighted by Gasteiger charge is 2.12. The lowest BCUT2D eigenvalue weighted by Crippen LogP contribution is -2.22. The first kappa shape index (κ1) is 15.6. The van der Waals surface area contributed by atoms with Gasteiger partial charge in [-0.15, -0.1) is 10.2 Å². The Morgan fingerprint density at radius 3 is 2.74 bits per heavy atom. The second kappa shape index (κ2) is 6.84. The van der Waals surface area contributed by atoms with Crippen LogP contribution in [0, 0.1) is 0 Å². The minimum absolute atomic E-state index is 0.221. The molecule has 0 aliphatic heterocycles. The monoisotopic (exact) mass is 331 g/mol. The summed E-state index contributed by atoms with van der Waals surface area (Å²) in [6.07, 6.45) is 1.99. The Morgan fingerprint density at radius 1 is 1.26 bits per heavy atom. The van der Waals surface area contributed by atoms with Crippen molar-refractivity contribution in [2.24, 2.45) is 5.73 Å². The number of hydrogen-bond donors (Lipinski definition) is 1. The van der Waals surface area contributed by atoms with E-state index < -0.39 is 0 Å². The van der Waals surface area contributed by atoms with Crippen molar-refractivity contribution in [3.8, 4) is 5.75 Å². The van der Waals surface area contributed by atoms with Crippen molar-refractivity contribution < 1.29 is 4.74 Å². The minimum atomic E-state index is -0.221. The quantitative estimate of drug-likeness (QED) is 0.725. The van der Waals surface area contributed by atoms with Gasteiger partial charge in [0.1, 0.15) is 16.5 Å². The molecule has 0 bridgehead atoms. The number of benzene rings is 1. The van der Waals surface area contributed by atoms with Crippen molar-refractivity contribution in [2.75, 3.05) is 13.7 Å². The molecule has 3 aromatic rings. The van der Waals surface area contributed by atoms with Gasteiger partial charge in [-0.1, -0.05) is 23.5 Å². The van der Waals surface area contributed by atoms with Crippen molar-refractivity contribution in [1.82, 2.24) is 19.8 Å². The molecule has 0 unspecified atom stereocenters. The van der Waals surface area contributed by atoms with Gasteiger partial charge in [0.05, 0.1) is 7.11 Å². The number of nitrogens with zero attached hydrogens (tertiary/aromatic N) is 4. The van der Waals surface area contributed by atoms with Gasteiger partial charge in [0.2, 0.25) is 4.96 Å². The van der Waals surface area contributed by atoms with E-state index in [1.807, 2.05) is 24.3 Å². The number of aryl methyl sites for hydroxylation is 1. The summed E-state index contributed by atoms with van der Waals surface area (Å²) in [7, 11) is 1.62. The van der Waals surface area contributed by atoms with E-state index in [2.05, 4.69) is 15.3 Å². The highest BCUT2D eigenvalue weighted by atomic mass is 32.1. The van der Waals surface area contributed by atoms with Gasteiger partial charge in [0, 0.05) is 12.8 Å². The molecule has 0 aliphatic rings. The van der Waals surface area contributed by atoms with E-state index >= 15 is 0 Å². The lowest BCUT2D eigenvalue weighted by atomic mass is 10.1. The molecule has 0 saturated heterocycles. The zero-order valence-electron chi connectivity index (χ0n) is 12.7. The van der Waals surface area contributed by atoms with Crippen LogP contribution in [0.5, 0.6) is 5.75 Å². The molecule has 0 amide bonds. The van der Waals surface area contributed by atoms with E-state index in [0.29, 0.717) is 23.6 Å². The molecule has 0 radical (unpaired) electrons. The third-order valence-corrected chi connectivity index (χ3v) is 4.38. The highest BCUT2D eigenvalue weighted by Crippen LogP contribution is 2.14. The normalized spacial score (nSPS) is 11.0. The number of aromatic nitrogens is 4. The van der Waals surface area contributed by atoms with Gasteiger partial charge < -0.3 is 10.5 Å². The Bertz CT molecular complexity index is 856. The largest absolute Gasteiger partial charge is 0.497 e. The van der Waals surface area contributed by atoms with E-state index in [9.17, 15) is 4.79 Å². The Hall–Kier alpha value is -2.32. The van der Waals surface area contributed by atoms with Crippen LogP contribution in [0.3, 0.4) is 0 Å². The third kappa shape index (κ3) is 3.38. The molecule has 0 aliphatic carbocycles. The Balaban J connectivity index is 1.88. The predicted octanol–water partition coefficient (Wildman–Crippen LogP) is 1.04. The van der Waals surface area contributed by atoms with Gasteiger partial charge in [0.25, 0.3) is 5.56 Å². The number of fused-ring (bicyclic) bond motifs is 1. The van der Waals surface area contributed by atoms with Crippen LogP contribution in [0.4, 0.5) is 0 Å². The van der Waals surface area contributed by atoms with Crippen molar-refractivity contribution >= 4 is 16.3 Å². The van der Waals surface area contributed by atoms with Crippen molar-refractivity contribution in [2.45, 2.75) is 19.3 Å². The lowest BCUT2D eigenvalue weighted by Gasteiger charge is -2.02. The molecule has 2 N–H and O–H groups in total. The zero-order valence-corrected chi connectivity index (χ0v) is 13.5. The first-order valence-corrected chi connectivity index (χ1v) is 8.10. The molecule has 0 fully saturated rings. The van der Waals surface area contributed by atoms with Crippen LogP contribution in [0.1, 0.15) is 22.7 Å². The van der Waals surface area contributed by atoms with Crippen LogP contribution in [-0.4, -0.2) is 33.5 Å². The average molecular weight is 331 g/mol. The molecule has 0 atom stereocenters. The SMILES string of the molecule is COc1ccc(Cc2nnc3sc(CCCN)nn3c2=O)cc1. The maximum Gasteiger partial charge on any atom is 0.297 e. The number of methoxy groups -OCH3 is 1. The van der Waals surface area contributed by atoms with Crippen LogP contribution < -0.4 is 16.0 Å². The topological polar surface area (TPSA) is 95.4 Å². The molecule has 2 aromatic heterocycles. The summed E-state index contributed by atoms with van der Waals surface area (Å²) in [4.78, 5) is 13.0. The molecular weight excluding hydrogens is 314 g/mol. The first-order valence-electron chi connectivity index (χ1n) is 7.28. The van der Waals surface area contributed by atoms with Crippen LogP contribution in [0.15, 0.2) is 29.1 Å². The Kier molecular flexibility index (Phi) is 4.63. The van der Waals surface area contributed by atoms with Gasteiger partial charge >= 0.3 is 0 Å². The molecule has 2 heterocycles. The van der Waals surface area contributed by atoms with Crippen LogP contribution in [0.2, 0.25) is 0 Å². The van der Waals surface area contributed by atoms with E-state index in [1.54, 1.807) is 7.11 Å². The predicted molar refractivity (Wildman–Crippen MR) is 88.1 cm³/mol. The Labute approximate surface area is 136 Å². The second-order valence-electron chi connectivity index (χ2n) is 5.06. The maximum atomic E-state index is 12.5. The summed E-state index contributed by atoms with van der Waals surface area (Å²) in [5.74, 6) is 0.774. The summed E-state index contributed by atoms with van der Waals surface area (Å²) in [6, 6.07) is 7.52.